The van der Waals surface area contributed by atoms with Crippen molar-refractivity contribution in [2.24, 2.45) is 7.05 Å². The van der Waals surface area contributed by atoms with Crippen LogP contribution in [0.15, 0.2) is 0 Å². The van der Waals surface area contributed by atoms with E-state index < -0.39 is 0 Å². The molecule has 1 fully saturated rings. The molecule has 1 aliphatic heterocycles. The Morgan fingerprint density at radius 1 is 1.35 bits per heavy atom. The number of aryl methyl sites for hydroxylation is 2. The lowest BCUT2D eigenvalue weighted by Crippen LogP contribution is -2.38. The predicted molar refractivity (Wildman–Crippen MR) is 90.6 cm³/mol. The molecule has 0 saturated carbocycles. The van der Waals surface area contributed by atoms with Crippen LogP contribution in [0.4, 0.5) is 5.82 Å². The molecule has 0 unspecified atom stereocenters. The summed E-state index contributed by atoms with van der Waals surface area (Å²) in [6.07, 6.45) is 0.490. The number of ether oxygens (including phenoxy) is 1. The molecule has 0 aliphatic carbocycles. The summed E-state index contributed by atoms with van der Waals surface area (Å²) in [5, 5.41) is 10.8. The zero-order valence-corrected chi connectivity index (χ0v) is 14.7. The van der Waals surface area contributed by atoms with Crippen molar-refractivity contribution >= 4 is 11.7 Å². The third kappa shape index (κ3) is 4.94. The highest BCUT2D eigenvalue weighted by molar-refractivity contribution is 5.76. The van der Waals surface area contributed by atoms with Crippen molar-refractivity contribution in [1.29, 1.82) is 0 Å². The van der Waals surface area contributed by atoms with Crippen molar-refractivity contribution in [1.82, 2.24) is 20.4 Å². The Bertz CT molecular complexity index is 521. The maximum absolute atomic E-state index is 11.7. The van der Waals surface area contributed by atoms with Crippen LogP contribution in [0.2, 0.25) is 0 Å². The largest absolute Gasteiger partial charge is 0.378 e. The fourth-order valence-corrected chi connectivity index (χ4v) is 2.88. The lowest BCUT2D eigenvalue weighted by molar-refractivity contribution is -0.121. The second-order valence-electron chi connectivity index (χ2n) is 6.26. The van der Waals surface area contributed by atoms with Crippen LogP contribution in [-0.4, -0.2) is 54.6 Å². The van der Waals surface area contributed by atoms with Crippen LogP contribution in [0, 0.1) is 6.92 Å². The lowest BCUT2D eigenvalue weighted by Gasteiger charge is -2.29. The summed E-state index contributed by atoms with van der Waals surface area (Å²) < 4.78 is 7.38. The first-order valence-corrected chi connectivity index (χ1v) is 8.34. The average Bonchev–Trinajstić information content (AvgIpc) is 2.78. The van der Waals surface area contributed by atoms with E-state index in [1.54, 1.807) is 0 Å². The van der Waals surface area contributed by atoms with E-state index in [4.69, 9.17) is 4.74 Å². The average molecular weight is 323 g/mol. The van der Waals surface area contributed by atoms with Crippen molar-refractivity contribution in [2.45, 2.75) is 39.8 Å². The van der Waals surface area contributed by atoms with Crippen LogP contribution >= 0.6 is 0 Å². The Hall–Kier alpha value is -1.60. The Labute approximate surface area is 138 Å². The molecule has 7 nitrogen and oxygen atoms in total. The molecule has 2 N–H and O–H groups in total. The fraction of sp³-hybridized carbons (Fsp3) is 0.750. The molecule has 1 aromatic heterocycles. The molecule has 1 amide bonds. The van der Waals surface area contributed by atoms with E-state index in [9.17, 15) is 4.79 Å². The van der Waals surface area contributed by atoms with E-state index in [-0.39, 0.29) is 11.9 Å². The molecule has 0 radical (unpaired) electrons. The number of rotatable bonds is 7. The third-order valence-corrected chi connectivity index (χ3v) is 3.90. The smallest absolute Gasteiger partial charge is 0.221 e. The van der Waals surface area contributed by atoms with Gasteiger partial charge in [-0.2, -0.15) is 5.10 Å². The number of aromatic nitrogens is 2. The highest BCUT2D eigenvalue weighted by Crippen LogP contribution is 2.23. The number of hydrogen-bond donors (Lipinski definition) is 2. The first kappa shape index (κ1) is 17.7. The predicted octanol–water partition coefficient (Wildman–Crippen LogP) is 0.569. The lowest BCUT2D eigenvalue weighted by atomic mass is 10.2. The van der Waals surface area contributed by atoms with Gasteiger partial charge in [-0.05, 0) is 20.8 Å². The van der Waals surface area contributed by atoms with Gasteiger partial charge in [0.15, 0.2) is 0 Å². The highest BCUT2D eigenvalue weighted by Gasteiger charge is 2.21. The summed E-state index contributed by atoms with van der Waals surface area (Å²) in [6.45, 7) is 10.7. The Morgan fingerprint density at radius 3 is 2.70 bits per heavy atom. The summed E-state index contributed by atoms with van der Waals surface area (Å²) in [5.41, 5.74) is 2.24. The van der Waals surface area contributed by atoms with Gasteiger partial charge in [0.2, 0.25) is 5.91 Å². The quantitative estimate of drug-likeness (QED) is 0.718. The number of carbonyl (C=O) groups is 1. The van der Waals surface area contributed by atoms with Crippen LogP contribution in [-0.2, 0) is 23.1 Å². The van der Waals surface area contributed by atoms with Crippen LogP contribution < -0.4 is 15.5 Å². The van der Waals surface area contributed by atoms with Crippen LogP contribution in [0.3, 0.4) is 0 Å². The molecule has 2 heterocycles. The van der Waals surface area contributed by atoms with Crippen LogP contribution in [0.25, 0.3) is 0 Å². The minimum absolute atomic E-state index is 0.0869. The fourth-order valence-electron chi connectivity index (χ4n) is 2.88. The monoisotopic (exact) mass is 323 g/mol. The molecular weight excluding hydrogens is 294 g/mol. The van der Waals surface area contributed by atoms with Gasteiger partial charge in [-0.3, -0.25) is 9.48 Å². The number of morpholine rings is 1. The van der Waals surface area contributed by atoms with E-state index in [0.717, 1.165) is 44.4 Å². The second kappa shape index (κ2) is 8.31. The zero-order chi connectivity index (χ0) is 16.8. The summed E-state index contributed by atoms with van der Waals surface area (Å²) in [5.74, 6) is 1.24. The number of carbonyl (C=O) groups excluding carboxylic acids is 1. The minimum atomic E-state index is 0.0869. The van der Waals surface area contributed by atoms with E-state index in [0.29, 0.717) is 13.0 Å². The molecule has 2 rings (SSSR count). The van der Waals surface area contributed by atoms with Crippen LogP contribution in [0.1, 0.15) is 31.5 Å². The minimum Gasteiger partial charge on any atom is -0.378 e. The number of hydrogen-bond acceptors (Lipinski definition) is 5. The Kier molecular flexibility index (Phi) is 6.41. The first-order valence-electron chi connectivity index (χ1n) is 8.34. The number of amides is 1. The first-order chi connectivity index (χ1) is 11.0. The van der Waals surface area contributed by atoms with Gasteiger partial charge in [-0.15, -0.1) is 0 Å². The molecule has 1 aromatic rings. The molecule has 7 heteroatoms. The van der Waals surface area contributed by atoms with Crippen molar-refractivity contribution in [3.8, 4) is 0 Å². The zero-order valence-electron chi connectivity index (χ0n) is 14.7. The number of nitrogens with zero attached hydrogens (tertiary/aromatic N) is 3. The molecule has 0 bridgehead atoms. The van der Waals surface area contributed by atoms with Crippen molar-refractivity contribution in [3.63, 3.8) is 0 Å². The molecule has 0 atom stereocenters. The van der Waals surface area contributed by atoms with Crippen molar-refractivity contribution < 1.29 is 9.53 Å². The second-order valence-corrected chi connectivity index (χ2v) is 6.26. The highest BCUT2D eigenvalue weighted by atomic mass is 16.5. The molecule has 0 spiro atoms. The normalized spacial score (nSPS) is 15.3. The summed E-state index contributed by atoms with van der Waals surface area (Å²) in [6, 6.07) is 0.191. The summed E-state index contributed by atoms with van der Waals surface area (Å²) in [7, 11) is 1.98. The SMILES string of the molecule is Cc1nn(C)c(N2CCOCC2)c1CNCCC(=O)NC(C)C. The number of anilines is 1. The van der Waals surface area contributed by atoms with E-state index in [1.165, 1.54) is 5.56 Å². The standard InChI is InChI=1S/C16H29N5O2/c1-12(2)18-15(22)5-6-17-11-14-13(3)19-20(4)16(14)21-7-9-23-10-8-21/h12,17H,5-11H2,1-4H3,(H,18,22). The summed E-state index contributed by atoms with van der Waals surface area (Å²) in [4.78, 5) is 14.0. The van der Waals surface area contributed by atoms with Gasteiger partial charge in [-0.25, -0.2) is 0 Å². The van der Waals surface area contributed by atoms with Gasteiger partial charge >= 0.3 is 0 Å². The molecule has 1 aliphatic rings. The third-order valence-electron chi connectivity index (χ3n) is 3.90. The van der Waals surface area contributed by atoms with E-state index in [1.807, 2.05) is 32.5 Å². The Morgan fingerprint density at radius 2 is 2.04 bits per heavy atom. The molecule has 1 saturated heterocycles. The molecule has 0 aromatic carbocycles. The van der Waals surface area contributed by atoms with Gasteiger partial charge in [-0.1, -0.05) is 0 Å². The van der Waals surface area contributed by atoms with Gasteiger partial charge in [0.05, 0.1) is 18.9 Å². The summed E-state index contributed by atoms with van der Waals surface area (Å²) >= 11 is 0. The van der Waals surface area contributed by atoms with Gasteiger partial charge in [0, 0.05) is 51.3 Å². The van der Waals surface area contributed by atoms with E-state index >= 15 is 0 Å². The van der Waals surface area contributed by atoms with Gasteiger partial charge < -0.3 is 20.3 Å². The molecule has 130 valence electrons. The maximum atomic E-state index is 11.7. The van der Waals surface area contributed by atoms with Gasteiger partial charge in [0.25, 0.3) is 0 Å². The van der Waals surface area contributed by atoms with Gasteiger partial charge in [0.1, 0.15) is 5.82 Å². The number of nitrogens with one attached hydrogen (secondary N) is 2. The van der Waals surface area contributed by atoms with Crippen molar-refractivity contribution in [3.05, 3.63) is 11.3 Å². The van der Waals surface area contributed by atoms with E-state index in [2.05, 4.69) is 20.6 Å². The van der Waals surface area contributed by atoms with Crippen LogP contribution in [0.5, 0.6) is 0 Å². The molecular formula is C16H29N5O2. The van der Waals surface area contributed by atoms with Crippen molar-refractivity contribution in [2.75, 3.05) is 37.7 Å². The Balaban J connectivity index is 1.90. The maximum Gasteiger partial charge on any atom is 0.221 e. The molecule has 23 heavy (non-hydrogen) atoms. The topological polar surface area (TPSA) is 71.4 Å².